The number of rotatable bonds is 5. The average Bonchev–Trinajstić information content (AvgIpc) is 3.39. The summed E-state index contributed by atoms with van der Waals surface area (Å²) in [6, 6.07) is 14.8. The molecule has 3 aliphatic heterocycles. The van der Waals surface area contributed by atoms with Crippen molar-refractivity contribution in [2.45, 2.75) is 37.4 Å². The molecule has 0 unspecified atom stereocenters. The second kappa shape index (κ2) is 7.55. The Labute approximate surface area is 176 Å². The molecule has 0 bridgehead atoms. The number of halogens is 1. The fourth-order valence-corrected chi connectivity index (χ4v) is 5.78. The average molecular weight is 407 g/mol. The number of benzene rings is 2. The molecule has 2 aromatic rings. The highest BCUT2D eigenvalue weighted by Crippen LogP contribution is 2.52. The van der Waals surface area contributed by atoms with Crippen molar-refractivity contribution in [2.75, 3.05) is 20.2 Å². The molecular weight excluding hydrogens is 379 g/mol. The monoisotopic (exact) mass is 406 g/mol. The van der Waals surface area contributed by atoms with E-state index in [4.69, 9.17) is 4.74 Å². The third-order valence-electron chi connectivity index (χ3n) is 7.10. The summed E-state index contributed by atoms with van der Waals surface area (Å²) >= 11 is 0. The van der Waals surface area contributed by atoms with Crippen LogP contribution in [0.25, 0.3) is 6.08 Å². The van der Waals surface area contributed by atoms with Crippen molar-refractivity contribution >= 4 is 12.0 Å². The number of likely N-dealkylation sites (tertiary alicyclic amines) is 1. The number of hydrogen-bond acceptors (Lipinski definition) is 3. The summed E-state index contributed by atoms with van der Waals surface area (Å²) in [5.41, 5.74) is 1.70. The molecule has 2 aromatic carbocycles. The van der Waals surface area contributed by atoms with Gasteiger partial charge in [-0.05, 0) is 49.6 Å². The molecule has 3 aliphatic rings. The SMILES string of the molecule is COc1ccccc1CN1C[C@@H]2C[C@@H](/C=C/c3ccc(F)cc3)N3CCC[C@@]23C1=O. The van der Waals surface area contributed by atoms with Crippen molar-refractivity contribution in [1.82, 2.24) is 9.80 Å². The topological polar surface area (TPSA) is 32.8 Å². The maximum absolute atomic E-state index is 13.6. The van der Waals surface area contributed by atoms with Crippen LogP contribution >= 0.6 is 0 Å². The first kappa shape index (κ1) is 19.3. The van der Waals surface area contributed by atoms with E-state index in [9.17, 15) is 9.18 Å². The molecule has 0 N–H and O–H groups in total. The number of carbonyl (C=O) groups is 1. The number of nitrogens with zero attached hydrogens (tertiary/aromatic N) is 2. The molecule has 3 fully saturated rings. The van der Waals surface area contributed by atoms with Crippen LogP contribution in [0.4, 0.5) is 4.39 Å². The molecule has 0 aliphatic carbocycles. The quantitative estimate of drug-likeness (QED) is 0.749. The number of para-hydroxylation sites is 1. The van der Waals surface area contributed by atoms with Crippen molar-refractivity contribution in [1.29, 1.82) is 0 Å². The van der Waals surface area contributed by atoms with E-state index in [0.29, 0.717) is 12.5 Å². The minimum Gasteiger partial charge on any atom is -0.496 e. The van der Waals surface area contributed by atoms with Crippen LogP contribution in [0.3, 0.4) is 0 Å². The normalized spacial score (nSPS) is 28.3. The Morgan fingerprint density at radius 1 is 1.20 bits per heavy atom. The van der Waals surface area contributed by atoms with Gasteiger partial charge in [-0.2, -0.15) is 0 Å². The summed E-state index contributed by atoms with van der Waals surface area (Å²) in [6.07, 6.45) is 7.27. The van der Waals surface area contributed by atoms with Gasteiger partial charge >= 0.3 is 0 Å². The highest BCUT2D eigenvalue weighted by atomic mass is 19.1. The second-order valence-corrected chi connectivity index (χ2v) is 8.63. The van der Waals surface area contributed by atoms with Gasteiger partial charge in [0.25, 0.3) is 0 Å². The molecule has 4 nitrogen and oxygen atoms in total. The number of hydrogen-bond donors (Lipinski definition) is 0. The second-order valence-electron chi connectivity index (χ2n) is 8.63. The van der Waals surface area contributed by atoms with E-state index in [2.05, 4.69) is 17.1 Å². The van der Waals surface area contributed by atoms with Gasteiger partial charge in [0, 0.05) is 30.6 Å². The Hall–Kier alpha value is -2.66. The van der Waals surface area contributed by atoms with E-state index in [0.717, 1.165) is 49.2 Å². The van der Waals surface area contributed by atoms with Gasteiger partial charge in [0.05, 0.1) is 7.11 Å². The molecule has 3 saturated heterocycles. The first-order chi connectivity index (χ1) is 14.6. The fourth-order valence-electron chi connectivity index (χ4n) is 5.78. The minimum atomic E-state index is -0.347. The zero-order chi connectivity index (χ0) is 20.7. The first-order valence-electron chi connectivity index (χ1n) is 10.7. The maximum Gasteiger partial charge on any atom is 0.243 e. The Kier molecular flexibility index (Phi) is 4.86. The summed E-state index contributed by atoms with van der Waals surface area (Å²) in [7, 11) is 1.68. The molecule has 5 rings (SSSR count). The van der Waals surface area contributed by atoms with E-state index < -0.39 is 0 Å². The zero-order valence-electron chi connectivity index (χ0n) is 17.3. The fraction of sp³-hybridized carbons (Fsp3) is 0.400. The predicted molar refractivity (Wildman–Crippen MR) is 114 cm³/mol. The van der Waals surface area contributed by atoms with E-state index in [1.165, 1.54) is 12.1 Å². The summed E-state index contributed by atoms with van der Waals surface area (Å²) in [4.78, 5) is 18.1. The van der Waals surface area contributed by atoms with Crippen LogP contribution < -0.4 is 4.74 Å². The van der Waals surface area contributed by atoms with Gasteiger partial charge in [-0.1, -0.05) is 42.5 Å². The lowest BCUT2D eigenvalue weighted by molar-refractivity contribution is -0.137. The molecule has 156 valence electrons. The number of carbonyl (C=O) groups excluding carboxylic acids is 1. The summed E-state index contributed by atoms with van der Waals surface area (Å²) in [5, 5.41) is 0. The van der Waals surface area contributed by atoms with E-state index in [-0.39, 0.29) is 23.3 Å². The van der Waals surface area contributed by atoms with Crippen molar-refractivity contribution in [3.05, 3.63) is 71.6 Å². The molecular formula is C25H27FN2O2. The Bertz CT molecular complexity index is 973. The van der Waals surface area contributed by atoms with Crippen LogP contribution in [0.2, 0.25) is 0 Å². The zero-order valence-corrected chi connectivity index (χ0v) is 17.3. The molecule has 0 radical (unpaired) electrons. The van der Waals surface area contributed by atoms with Crippen molar-refractivity contribution in [2.24, 2.45) is 5.92 Å². The van der Waals surface area contributed by atoms with Crippen LogP contribution in [-0.4, -0.2) is 47.5 Å². The largest absolute Gasteiger partial charge is 0.496 e. The van der Waals surface area contributed by atoms with Gasteiger partial charge in [0.1, 0.15) is 17.1 Å². The van der Waals surface area contributed by atoms with Crippen LogP contribution in [0.15, 0.2) is 54.6 Å². The number of methoxy groups -OCH3 is 1. The van der Waals surface area contributed by atoms with Crippen LogP contribution in [0.1, 0.15) is 30.4 Å². The third kappa shape index (κ3) is 3.03. The van der Waals surface area contributed by atoms with Crippen LogP contribution in [0.5, 0.6) is 5.75 Å². The highest BCUT2D eigenvalue weighted by molar-refractivity contribution is 5.90. The minimum absolute atomic E-state index is 0.221. The molecule has 5 heteroatoms. The van der Waals surface area contributed by atoms with Crippen molar-refractivity contribution in [3.8, 4) is 5.75 Å². The highest BCUT2D eigenvalue weighted by Gasteiger charge is 2.64. The van der Waals surface area contributed by atoms with Gasteiger partial charge in [-0.15, -0.1) is 0 Å². The molecule has 3 heterocycles. The van der Waals surface area contributed by atoms with Crippen LogP contribution in [-0.2, 0) is 11.3 Å². The first-order valence-corrected chi connectivity index (χ1v) is 10.7. The summed E-state index contributed by atoms with van der Waals surface area (Å²) in [6.45, 7) is 2.36. The standard InChI is InChI=1S/C25H27FN2O2/c1-30-23-6-3-2-5-19(23)16-27-17-20-15-22(12-9-18-7-10-21(26)11-8-18)28-14-4-13-25(20,28)24(27)29/h2-3,5-12,20,22H,4,13-17H2,1H3/b12-9+/t20-,22+,25-/m0/s1. The van der Waals surface area contributed by atoms with Gasteiger partial charge in [0.15, 0.2) is 0 Å². The van der Waals surface area contributed by atoms with Crippen LogP contribution in [0, 0.1) is 11.7 Å². The smallest absolute Gasteiger partial charge is 0.243 e. The van der Waals surface area contributed by atoms with Crippen molar-refractivity contribution < 1.29 is 13.9 Å². The molecule has 1 amide bonds. The Morgan fingerprint density at radius 3 is 2.80 bits per heavy atom. The lowest BCUT2D eigenvalue weighted by atomic mass is 9.85. The van der Waals surface area contributed by atoms with Gasteiger partial charge in [0.2, 0.25) is 5.91 Å². The van der Waals surface area contributed by atoms with E-state index in [1.807, 2.05) is 29.2 Å². The van der Waals surface area contributed by atoms with E-state index in [1.54, 1.807) is 19.2 Å². The summed E-state index contributed by atoms with van der Waals surface area (Å²) in [5.74, 6) is 1.24. The number of ether oxygens (including phenoxy) is 1. The molecule has 1 spiro atoms. The lowest BCUT2D eigenvalue weighted by Gasteiger charge is -2.32. The molecule has 30 heavy (non-hydrogen) atoms. The van der Waals surface area contributed by atoms with E-state index >= 15 is 0 Å². The van der Waals surface area contributed by atoms with Gasteiger partial charge < -0.3 is 9.64 Å². The molecule has 3 atom stereocenters. The molecule has 0 saturated carbocycles. The Morgan fingerprint density at radius 2 is 2.00 bits per heavy atom. The maximum atomic E-state index is 13.6. The number of amides is 1. The van der Waals surface area contributed by atoms with Crippen molar-refractivity contribution in [3.63, 3.8) is 0 Å². The third-order valence-corrected chi connectivity index (χ3v) is 7.10. The van der Waals surface area contributed by atoms with Gasteiger partial charge in [-0.3, -0.25) is 9.69 Å². The molecule has 0 aromatic heterocycles. The lowest BCUT2D eigenvalue weighted by Crippen LogP contribution is -2.50. The predicted octanol–water partition coefficient (Wildman–Crippen LogP) is 4.11. The summed E-state index contributed by atoms with van der Waals surface area (Å²) < 4.78 is 18.6. The van der Waals surface area contributed by atoms with Gasteiger partial charge in [-0.25, -0.2) is 4.39 Å². The Balaban J connectivity index is 1.35.